The summed E-state index contributed by atoms with van der Waals surface area (Å²) in [4.78, 5) is 8.05. The highest BCUT2D eigenvalue weighted by molar-refractivity contribution is 7.00. The minimum atomic E-state index is -0.0279. The SMILES string of the molecule is Cc1cc2c3c(c1)N(c1ccc(C(C)(C)C)cc1-c1ccccc1)c1cc4c(cc1B3c1ccc(N3c5ccc(C(C)(C)C)cc5C5(C)CCC35C)cc1N2c1ccc(C(C)(C)C)cc1)CC(C)(C)C4. The molecule has 0 bridgehead atoms. The van der Waals surface area contributed by atoms with Gasteiger partial charge in [0.25, 0.3) is 6.71 Å². The Morgan fingerprint density at radius 3 is 1.67 bits per heavy atom. The zero-order valence-corrected chi connectivity index (χ0v) is 44.4. The molecule has 2 unspecified atom stereocenters. The topological polar surface area (TPSA) is 9.72 Å². The van der Waals surface area contributed by atoms with Crippen molar-refractivity contribution in [3.05, 3.63) is 172 Å². The lowest BCUT2D eigenvalue weighted by Gasteiger charge is -2.56. The monoisotopic (exact) mass is 918 g/mol. The Labute approximate surface area is 420 Å². The molecule has 4 heteroatoms. The Hall–Kier alpha value is -6.00. The number of benzene rings is 7. The Morgan fingerprint density at radius 2 is 1.04 bits per heavy atom. The smallest absolute Gasteiger partial charge is 0.252 e. The summed E-state index contributed by atoms with van der Waals surface area (Å²) < 4.78 is 0. The van der Waals surface area contributed by atoms with Crippen molar-refractivity contribution in [2.24, 2.45) is 5.41 Å². The number of nitrogens with zero attached hydrogens (tertiary/aromatic N) is 3. The fourth-order valence-electron chi connectivity index (χ4n) is 13.5. The zero-order valence-electron chi connectivity index (χ0n) is 44.4. The Morgan fingerprint density at radius 1 is 0.471 bits per heavy atom. The maximum Gasteiger partial charge on any atom is 0.252 e. The van der Waals surface area contributed by atoms with Crippen LogP contribution in [0.1, 0.15) is 142 Å². The van der Waals surface area contributed by atoms with Gasteiger partial charge in [-0.25, -0.2) is 0 Å². The fraction of sp³-hybridized carbons (Fsp3) is 0.364. The molecule has 2 atom stereocenters. The number of aryl methyl sites for hydroxylation is 1. The molecule has 0 radical (unpaired) electrons. The van der Waals surface area contributed by atoms with E-state index >= 15 is 0 Å². The molecule has 0 aromatic heterocycles. The van der Waals surface area contributed by atoms with Crippen LogP contribution in [0.5, 0.6) is 0 Å². The second-order valence-corrected chi connectivity index (χ2v) is 26.3. The van der Waals surface area contributed by atoms with Gasteiger partial charge in [-0.1, -0.05) is 156 Å². The van der Waals surface area contributed by atoms with Crippen molar-refractivity contribution in [3.63, 3.8) is 0 Å². The normalized spacial score (nSPS) is 20.6. The van der Waals surface area contributed by atoms with Gasteiger partial charge in [0.2, 0.25) is 0 Å². The summed E-state index contributed by atoms with van der Waals surface area (Å²) in [6.07, 6.45) is 4.54. The predicted molar refractivity (Wildman–Crippen MR) is 301 cm³/mol. The first-order chi connectivity index (χ1) is 32.9. The lowest BCUT2D eigenvalue weighted by Crippen LogP contribution is -2.62. The van der Waals surface area contributed by atoms with E-state index in [1.54, 1.807) is 0 Å². The summed E-state index contributed by atoms with van der Waals surface area (Å²) >= 11 is 0. The number of fused-ring (bicyclic) bond motifs is 8. The number of rotatable bonds is 4. The predicted octanol–water partition coefficient (Wildman–Crippen LogP) is 15.7. The summed E-state index contributed by atoms with van der Waals surface area (Å²) in [5.74, 6) is 0. The van der Waals surface area contributed by atoms with Crippen molar-refractivity contribution < 1.29 is 0 Å². The molecule has 0 N–H and O–H groups in total. The summed E-state index contributed by atoms with van der Waals surface area (Å²) in [6, 6.07) is 53.1. The van der Waals surface area contributed by atoms with Gasteiger partial charge < -0.3 is 14.7 Å². The van der Waals surface area contributed by atoms with Gasteiger partial charge in [0.1, 0.15) is 0 Å². The van der Waals surface area contributed by atoms with Crippen LogP contribution < -0.4 is 31.1 Å². The van der Waals surface area contributed by atoms with Gasteiger partial charge in [-0.2, -0.15) is 0 Å². The van der Waals surface area contributed by atoms with Gasteiger partial charge in [0.15, 0.2) is 0 Å². The molecule has 0 spiro atoms. The minimum Gasteiger partial charge on any atom is -0.334 e. The highest BCUT2D eigenvalue weighted by Crippen LogP contribution is 2.65. The van der Waals surface area contributed by atoms with E-state index in [2.05, 4.69) is 245 Å². The third kappa shape index (κ3) is 6.60. The number of anilines is 8. The molecule has 7 aromatic rings. The fourth-order valence-corrected chi connectivity index (χ4v) is 13.5. The van der Waals surface area contributed by atoms with Crippen LogP contribution in [0.15, 0.2) is 133 Å². The second kappa shape index (κ2) is 14.8. The van der Waals surface area contributed by atoms with E-state index in [0.29, 0.717) is 0 Å². The van der Waals surface area contributed by atoms with Gasteiger partial charge in [-0.05, 0) is 183 Å². The molecule has 3 heterocycles. The first-order valence-electron chi connectivity index (χ1n) is 26.3. The molecular weight excluding hydrogens is 846 g/mol. The van der Waals surface area contributed by atoms with Crippen molar-refractivity contribution >= 4 is 68.6 Å². The zero-order chi connectivity index (χ0) is 49.2. The van der Waals surface area contributed by atoms with Crippen LogP contribution in [0.25, 0.3) is 11.1 Å². The summed E-state index contributed by atoms with van der Waals surface area (Å²) in [6.45, 7) is 33.3. The second-order valence-electron chi connectivity index (χ2n) is 26.3. The van der Waals surface area contributed by atoms with Crippen LogP contribution in [0.3, 0.4) is 0 Å². The van der Waals surface area contributed by atoms with E-state index in [9.17, 15) is 0 Å². The van der Waals surface area contributed by atoms with Crippen LogP contribution in [0.4, 0.5) is 45.5 Å². The average Bonchev–Trinajstić information content (AvgIpc) is 3.67. The highest BCUT2D eigenvalue weighted by atomic mass is 15.3. The van der Waals surface area contributed by atoms with E-state index in [4.69, 9.17) is 0 Å². The Balaban J connectivity index is 1.14. The molecular formula is C66H72BN3. The summed E-state index contributed by atoms with van der Waals surface area (Å²) in [5, 5.41) is 0. The van der Waals surface area contributed by atoms with Crippen LogP contribution in [-0.2, 0) is 34.5 Å². The van der Waals surface area contributed by atoms with Crippen LogP contribution in [0, 0.1) is 12.3 Å². The molecule has 0 saturated heterocycles. The first kappa shape index (κ1) is 45.2. The summed E-state index contributed by atoms with van der Waals surface area (Å²) in [7, 11) is 0. The molecule has 3 nitrogen and oxygen atoms in total. The molecule has 1 fully saturated rings. The van der Waals surface area contributed by atoms with Gasteiger partial charge in [-0.3, -0.25) is 0 Å². The first-order valence-corrected chi connectivity index (χ1v) is 26.3. The van der Waals surface area contributed by atoms with Crippen molar-refractivity contribution in [1.82, 2.24) is 0 Å². The van der Waals surface area contributed by atoms with E-state index in [-0.39, 0.29) is 39.3 Å². The molecule has 7 aromatic carbocycles. The largest absolute Gasteiger partial charge is 0.334 e. The number of hydrogen-bond donors (Lipinski definition) is 0. The van der Waals surface area contributed by atoms with Crippen LogP contribution in [0.2, 0.25) is 0 Å². The highest BCUT2D eigenvalue weighted by Gasteiger charge is 2.63. The standard InChI is InChI=1S/C66H72BN3/c1-41-32-58-60-59(33-41)69(54-28-22-46(62(5,6)7)36-50(54)42-18-16-15-17-19-42)56-35-44-40-64(11,12)39-43(44)34-53(56)67(60)52-27-26-49(38-57(52)68(58)48-24-20-45(21-25-48)61(2,3)4)70-55-29-23-47(63(8,9)10)37-51(55)65(13)30-31-66(65,70)14/h15-29,32-38H,30-31,39-40H2,1-14H3. The molecule has 5 aliphatic rings. The molecule has 0 amide bonds. The maximum atomic E-state index is 2.74. The van der Waals surface area contributed by atoms with Crippen LogP contribution in [-0.4, -0.2) is 12.3 Å². The third-order valence-corrected chi connectivity index (χ3v) is 17.8. The van der Waals surface area contributed by atoms with Gasteiger partial charge in [-0.15, -0.1) is 0 Å². The lowest BCUT2D eigenvalue weighted by molar-refractivity contribution is 0.133. The average molecular weight is 918 g/mol. The third-order valence-electron chi connectivity index (χ3n) is 17.8. The Kier molecular flexibility index (Phi) is 9.54. The quantitative estimate of drug-likeness (QED) is 0.163. The van der Waals surface area contributed by atoms with Gasteiger partial charge in [0, 0.05) is 50.8 Å². The van der Waals surface area contributed by atoms with Gasteiger partial charge in [0.05, 0.1) is 11.2 Å². The van der Waals surface area contributed by atoms with Crippen molar-refractivity contribution in [1.29, 1.82) is 0 Å². The Bertz CT molecular complexity index is 3300. The molecule has 1 saturated carbocycles. The maximum absolute atomic E-state index is 2.74. The van der Waals surface area contributed by atoms with E-state index < -0.39 is 0 Å². The molecule has 12 rings (SSSR count). The summed E-state index contributed by atoms with van der Waals surface area (Å²) in [5.41, 5.74) is 27.1. The van der Waals surface area contributed by atoms with E-state index in [1.165, 1.54) is 125 Å². The van der Waals surface area contributed by atoms with E-state index in [1.807, 2.05) is 0 Å². The van der Waals surface area contributed by atoms with Crippen LogP contribution >= 0.6 is 0 Å². The minimum absolute atomic E-state index is 0.00529. The van der Waals surface area contributed by atoms with Crippen molar-refractivity contribution in [2.75, 3.05) is 14.7 Å². The van der Waals surface area contributed by atoms with Crippen molar-refractivity contribution in [3.8, 4) is 11.1 Å². The molecule has 2 aliphatic carbocycles. The molecule has 3 aliphatic heterocycles. The molecule has 70 heavy (non-hydrogen) atoms. The van der Waals surface area contributed by atoms with Crippen molar-refractivity contribution in [2.45, 2.75) is 150 Å². The number of hydrogen-bond acceptors (Lipinski definition) is 3. The molecule has 354 valence electrons. The van der Waals surface area contributed by atoms with E-state index in [0.717, 1.165) is 12.8 Å². The van der Waals surface area contributed by atoms with Gasteiger partial charge >= 0.3 is 0 Å². The lowest BCUT2D eigenvalue weighted by atomic mass is 9.33.